The van der Waals surface area contributed by atoms with Gasteiger partial charge in [-0.3, -0.25) is 9.69 Å². The Labute approximate surface area is 186 Å². The number of methoxy groups -OCH3 is 1. The molecule has 1 spiro atoms. The zero-order valence-corrected chi connectivity index (χ0v) is 17.8. The van der Waals surface area contributed by atoms with Crippen LogP contribution in [-0.4, -0.2) is 48.3 Å². The summed E-state index contributed by atoms with van der Waals surface area (Å²) in [5, 5.41) is 22.0. The second-order valence-electron chi connectivity index (χ2n) is 8.07. The van der Waals surface area contributed by atoms with Gasteiger partial charge in [-0.1, -0.05) is 18.2 Å². The summed E-state index contributed by atoms with van der Waals surface area (Å²) in [4.78, 5) is 27.1. The molecule has 1 heterocycles. The number of aryl methyl sites for hydroxylation is 1. The van der Waals surface area contributed by atoms with E-state index in [2.05, 4.69) is 11.4 Å². The third-order valence-electron chi connectivity index (χ3n) is 5.99. The predicted octanol–water partition coefficient (Wildman–Crippen LogP) is 2.28. The minimum absolute atomic E-state index is 0.0740. The van der Waals surface area contributed by atoms with Crippen LogP contribution in [0.25, 0.3) is 0 Å². The lowest BCUT2D eigenvalue weighted by Crippen LogP contribution is -2.47. The predicted molar refractivity (Wildman–Crippen MR) is 115 cm³/mol. The standard InChI is InChI=1S/C24H25N3O5/c1-31-20-8-9-21-17(13-20)3-2-11-24(21)22(29)27(23(30)26-24)14-18(28)15-32-19-6-4-16(5-7-19)10-12-25/h4-9,13,18,28H,2-3,10-11,14-15H2,1H3,(H,26,30)/t18-,24+/m0/s1. The lowest BCUT2D eigenvalue weighted by molar-refractivity contribution is -0.133. The van der Waals surface area contributed by atoms with Crippen molar-refractivity contribution in [1.29, 1.82) is 5.26 Å². The molecule has 0 radical (unpaired) electrons. The van der Waals surface area contributed by atoms with E-state index in [0.717, 1.165) is 34.4 Å². The Morgan fingerprint density at radius 3 is 2.69 bits per heavy atom. The Balaban J connectivity index is 1.43. The number of rotatable bonds is 7. The molecule has 2 atom stereocenters. The fourth-order valence-corrected chi connectivity index (χ4v) is 4.39. The summed E-state index contributed by atoms with van der Waals surface area (Å²) in [7, 11) is 1.59. The molecule has 0 bridgehead atoms. The molecule has 32 heavy (non-hydrogen) atoms. The molecule has 0 unspecified atom stereocenters. The van der Waals surface area contributed by atoms with Crippen LogP contribution in [0.1, 0.15) is 29.5 Å². The van der Waals surface area contributed by atoms with Crippen molar-refractivity contribution in [3.05, 3.63) is 59.2 Å². The van der Waals surface area contributed by atoms with Crippen LogP contribution >= 0.6 is 0 Å². The Hall–Kier alpha value is -3.57. The summed E-state index contributed by atoms with van der Waals surface area (Å²) < 4.78 is 10.9. The van der Waals surface area contributed by atoms with Gasteiger partial charge in [0.05, 0.1) is 26.1 Å². The van der Waals surface area contributed by atoms with Crippen LogP contribution in [-0.2, 0) is 23.2 Å². The van der Waals surface area contributed by atoms with Crippen LogP contribution in [0.2, 0.25) is 0 Å². The van der Waals surface area contributed by atoms with Crippen molar-refractivity contribution >= 4 is 11.9 Å². The van der Waals surface area contributed by atoms with Gasteiger partial charge in [-0.05, 0) is 60.2 Å². The Kier molecular flexibility index (Phi) is 6.01. The van der Waals surface area contributed by atoms with Crippen molar-refractivity contribution < 1.29 is 24.2 Å². The number of imide groups is 1. The molecule has 2 aromatic rings. The molecular formula is C24H25N3O5. The number of fused-ring (bicyclic) bond motifs is 2. The number of urea groups is 1. The number of nitrogens with one attached hydrogen (secondary N) is 1. The van der Waals surface area contributed by atoms with Gasteiger partial charge in [0, 0.05) is 0 Å². The largest absolute Gasteiger partial charge is 0.497 e. The van der Waals surface area contributed by atoms with Crippen molar-refractivity contribution in [2.24, 2.45) is 0 Å². The van der Waals surface area contributed by atoms with Gasteiger partial charge in [0.25, 0.3) is 5.91 Å². The molecule has 8 heteroatoms. The molecule has 166 valence electrons. The summed E-state index contributed by atoms with van der Waals surface area (Å²) in [5.41, 5.74) is 1.53. The van der Waals surface area contributed by atoms with E-state index in [1.165, 1.54) is 0 Å². The summed E-state index contributed by atoms with van der Waals surface area (Å²) in [6, 6.07) is 14.1. The SMILES string of the molecule is COc1ccc2c(c1)CCC[C@@]21NC(=O)N(C[C@H](O)COc2ccc(CC#N)cc2)C1=O. The van der Waals surface area contributed by atoms with E-state index in [1.807, 2.05) is 12.1 Å². The van der Waals surface area contributed by atoms with E-state index in [1.54, 1.807) is 37.4 Å². The summed E-state index contributed by atoms with van der Waals surface area (Å²) in [6.07, 6.45) is 1.34. The van der Waals surface area contributed by atoms with Gasteiger partial charge in [-0.2, -0.15) is 5.26 Å². The van der Waals surface area contributed by atoms with Crippen molar-refractivity contribution in [1.82, 2.24) is 10.2 Å². The molecule has 3 amide bonds. The average molecular weight is 435 g/mol. The molecule has 1 aliphatic carbocycles. The summed E-state index contributed by atoms with van der Waals surface area (Å²) in [5.74, 6) is 0.894. The van der Waals surface area contributed by atoms with Gasteiger partial charge in [0.15, 0.2) is 0 Å². The average Bonchev–Trinajstić information content (AvgIpc) is 3.03. The fourth-order valence-electron chi connectivity index (χ4n) is 4.39. The normalized spacial score (nSPS) is 20.5. The van der Waals surface area contributed by atoms with E-state index in [-0.39, 0.29) is 19.1 Å². The van der Waals surface area contributed by atoms with Crippen LogP contribution < -0.4 is 14.8 Å². The molecule has 8 nitrogen and oxygen atoms in total. The van der Waals surface area contributed by atoms with Gasteiger partial charge in [-0.15, -0.1) is 0 Å². The molecule has 2 N–H and O–H groups in total. The molecule has 1 aliphatic heterocycles. The zero-order valence-electron chi connectivity index (χ0n) is 17.8. The number of nitrogens with zero attached hydrogens (tertiary/aromatic N) is 2. The number of aliphatic hydroxyl groups excluding tert-OH is 1. The number of carbonyl (C=O) groups is 2. The zero-order chi connectivity index (χ0) is 22.7. The van der Waals surface area contributed by atoms with Gasteiger partial charge in [-0.25, -0.2) is 4.79 Å². The number of hydrogen-bond acceptors (Lipinski definition) is 6. The third-order valence-corrected chi connectivity index (χ3v) is 5.99. The first kappa shape index (κ1) is 21.7. The number of β-amino-alcohol motifs (C(OH)–C–C–N with tert-alkyl or cyclic N) is 1. The number of hydrogen-bond donors (Lipinski definition) is 2. The van der Waals surface area contributed by atoms with Crippen molar-refractivity contribution in [2.45, 2.75) is 37.3 Å². The van der Waals surface area contributed by atoms with Gasteiger partial charge in [0.1, 0.15) is 29.7 Å². The number of benzene rings is 2. The monoisotopic (exact) mass is 435 g/mol. The Morgan fingerprint density at radius 2 is 1.97 bits per heavy atom. The highest BCUT2D eigenvalue weighted by atomic mass is 16.5. The van der Waals surface area contributed by atoms with Crippen LogP contribution in [0.5, 0.6) is 11.5 Å². The maximum atomic E-state index is 13.4. The first-order valence-corrected chi connectivity index (χ1v) is 10.5. The molecule has 2 aromatic carbocycles. The first-order valence-electron chi connectivity index (χ1n) is 10.5. The molecule has 2 aliphatic rings. The maximum absolute atomic E-state index is 13.4. The van der Waals surface area contributed by atoms with E-state index in [9.17, 15) is 14.7 Å². The second-order valence-corrected chi connectivity index (χ2v) is 8.07. The molecule has 1 fully saturated rings. The second kappa shape index (κ2) is 8.89. The van der Waals surface area contributed by atoms with Gasteiger partial charge in [0.2, 0.25) is 0 Å². The van der Waals surface area contributed by atoms with E-state index in [0.29, 0.717) is 24.3 Å². The van der Waals surface area contributed by atoms with Gasteiger partial charge < -0.3 is 19.9 Å². The number of carbonyl (C=O) groups excluding carboxylic acids is 2. The van der Waals surface area contributed by atoms with E-state index in [4.69, 9.17) is 14.7 Å². The maximum Gasteiger partial charge on any atom is 0.325 e. The number of amides is 3. The highest BCUT2D eigenvalue weighted by Gasteiger charge is 2.54. The molecule has 1 saturated heterocycles. The van der Waals surface area contributed by atoms with Crippen molar-refractivity contribution in [2.75, 3.05) is 20.3 Å². The van der Waals surface area contributed by atoms with Gasteiger partial charge >= 0.3 is 6.03 Å². The smallest absolute Gasteiger partial charge is 0.325 e. The highest BCUT2D eigenvalue weighted by Crippen LogP contribution is 2.41. The van der Waals surface area contributed by atoms with Crippen molar-refractivity contribution in [3.63, 3.8) is 0 Å². The minimum Gasteiger partial charge on any atom is -0.497 e. The topological polar surface area (TPSA) is 112 Å². The van der Waals surface area contributed by atoms with E-state index < -0.39 is 17.7 Å². The van der Waals surface area contributed by atoms with Crippen LogP contribution in [0.15, 0.2) is 42.5 Å². The number of aliphatic hydroxyl groups is 1. The van der Waals surface area contributed by atoms with Crippen molar-refractivity contribution in [3.8, 4) is 17.6 Å². The summed E-state index contributed by atoms with van der Waals surface area (Å²) in [6.45, 7) is -0.236. The van der Waals surface area contributed by atoms with E-state index >= 15 is 0 Å². The Bertz CT molecular complexity index is 1060. The lowest BCUT2D eigenvalue weighted by Gasteiger charge is -2.33. The molecular weight excluding hydrogens is 410 g/mol. The number of ether oxygens (including phenoxy) is 2. The summed E-state index contributed by atoms with van der Waals surface area (Å²) >= 11 is 0. The van der Waals surface area contributed by atoms with Crippen LogP contribution in [0.3, 0.4) is 0 Å². The Morgan fingerprint density at radius 1 is 1.22 bits per heavy atom. The fraction of sp³-hybridized carbons (Fsp3) is 0.375. The van der Waals surface area contributed by atoms with Crippen LogP contribution in [0, 0.1) is 11.3 Å². The van der Waals surface area contributed by atoms with Crippen LogP contribution in [0.4, 0.5) is 4.79 Å². The molecule has 0 aromatic heterocycles. The quantitative estimate of drug-likeness (QED) is 0.646. The number of nitriles is 1. The first-order chi connectivity index (χ1) is 15.5. The molecule has 0 saturated carbocycles. The molecule has 4 rings (SSSR count). The third kappa shape index (κ3) is 3.99. The lowest BCUT2D eigenvalue weighted by atomic mass is 9.76. The minimum atomic E-state index is -1.10. The highest BCUT2D eigenvalue weighted by molar-refractivity contribution is 6.07.